The predicted octanol–water partition coefficient (Wildman–Crippen LogP) is 2.53. The Morgan fingerprint density at radius 1 is 1.00 bits per heavy atom. The van der Waals surface area contributed by atoms with Crippen LogP contribution in [0.2, 0.25) is 0 Å². The van der Waals surface area contributed by atoms with E-state index in [1.807, 2.05) is 0 Å². The molecule has 0 fully saturated rings. The van der Waals surface area contributed by atoms with Gasteiger partial charge >= 0.3 is 0 Å². The van der Waals surface area contributed by atoms with Crippen molar-refractivity contribution in [2.24, 2.45) is 0 Å². The zero-order chi connectivity index (χ0) is 22.8. The summed E-state index contributed by atoms with van der Waals surface area (Å²) in [6, 6.07) is 9.96. The maximum absolute atomic E-state index is 12.7. The van der Waals surface area contributed by atoms with Crippen LogP contribution in [0, 0.1) is 0 Å². The molecule has 8 nitrogen and oxygen atoms in total. The van der Waals surface area contributed by atoms with Crippen molar-refractivity contribution >= 4 is 33.4 Å². The molecule has 160 valence electrons. The van der Waals surface area contributed by atoms with Crippen LogP contribution in [0.5, 0.6) is 0 Å². The van der Waals surface area contributed by atoms with Gasteiger partial charge in [-0.2, -0.15) is 4.31 Å². The SMILES string of the molecule is C=CCN(CC=C)S(=O)(=O)c1ccc(C(=O)Nc2ccc3c(c2)C(=O)N(C)C3=O)cc1. The lowest BCUT2D eigenvalue weighted by Gasteiger charge is -2.19. The molecule has 0 aromatic heterocycles. The largest absolute Gasteiger partial charge is 0.322 e. The van der Waals surface area contributed by atoms with Gasteiger partial charge in [0.25, 0.3) is 17.7 Å². The number of hydrogen-bond donors (Lipinski definition) is 1. The zero-order valence-electron chi connectivity index (χ0n) is 16.9. The lowest BCUT2D eigenvalue weighted by Crippen LogP contribution is -2.31. The predicted molar refractivity (Wildman–Crippen MR) is 116 cm³/mol. The van der Waals surface area contributed by atoms with Crippen molar-refractivity contribution in [2.45, 2.75) is 4.90 Å². The molecule has 0 saturated carbocycles. The van der Waals surface area contributed by atoms with Gasteiger partial charge in [0.15, 0.2) is 0 Å². The number of anilines is 1. The molecule has 3 rings (SSSR count). The number of nitrogens with zero attached hydrogens (tertiary/aromatic N) is 2. The van der Waals surface area contributed by atoms with Gasteiger partial charge in [-0.3, -0.25) is 19.3 Å². The standard InChI is InChI=1S/C22H21N3O5S/c1-4-12-25(13-5-2)31(29,30)17-9-6-15(7-10-17)20(26)23-16-8-11-18-19(14-16)22(28)24(3)21(18)27/h4-11,14H,1-2,12-13H2,3H3,(H,23,26). The number of benzene rings is 2. The fourth-order valence-electron chi connectivity index (χ4n) is 3.13. The van der Waals surface area contributed by atoms with E-state index in [0.29, 0.717) is 5.69 Å². The summed E-state index contributed by atoms with van der Waals surface area (Å²) in [5.74, 6) is -1.31. The van der Waals surface area contributed by atoms with Gasteiger partial charge < -0.3 is 5.32 Å². The molecular formula is C22H21N3O5S. The number of rotatable bonds is 8. The average Bonchev–Trinajstić information content (AvgIpc) is 2.97. The quantitative estimate of drug-likeness (QED) is 0.503. The van der Waals surface area contributed by atoms with E-state index in [1.54, 1.807) is 0 Å². The van der Waals surface area contributed by atoms with Gasteiger partial charge in [-0.05, 0) is 42.5 Å². The van der Waals surface area contributed by atoms with Crippen LogP contribution in [0.1, 0.15) is 31.1 Å². The molecule has 0 saturated heterocycles. The summed E-state index contributed by atoms with van der Waals surface area (Å²) >= 11 is 0. The number of nitrogens with one attached hydrogen (secondary N) is 1. The molecule has 0 spiro atoms. The second-order valence-electron chi connectivity index (χ2n) is 6.81. The number of carbonyl (C=O) groups excluding carboxylic acids is 3. The molecule has 0 unspecified atom stereocenters. The summed E-state index contributed by atoms with van der Waals surface area (Å²) in [6.07, 6.45) is 2.96. The number of carbonyl (C=O) groups is 3. The van der Waals surface area contributed by atoms with Crippen LogP contribution in [-0.2, 0) is 10.0 Å². The Morgan fingerprint density at radius 2 is 1.58 bits per heavy atom. The number of amides is 3. The smallest absolute Gasteiger partial charge is 0.261 e. The summed E-state index contributed by atoms with van der Waals surface area (Å²) < 4.78 is 26.7. The van der Waals surface area contributed by atoms with Crippen molar-refractivity contribution in [3.63, 3.8) is 0 Å². The first-order valence-electron chi connectivity index (χ1n) is 9.30. The van der Waals surface area contributed by atoms with Crippen molar-refractivity contribution < 1.29 is 22.8 Å². The normalized spacial score (nSPS) is 13.3. The highest BCUT2D eigenvalue weighted by Gasteiger charge is 2.32. The third kappa shape index (κ3) is 4.18. The van der Waals surface area contributed by atoms with E-state index in [2.05, 4.69) is 18.5 Å². The Labute approximate surface area is 180 Å². The summed E-state index contributed by atoms with van der Waals surface area (Å²) in [5, 5.41) is 2.65. The summed E-state index contributed by atoms with van der Waals surface area (Å²) in [7, 11) is -2.37. The molecule has 3 amide bonds. The van der Waals surface area contributed by atoms with Crippen LogP contribution >= 0.6 is 0 Å². The molecule has 2 aromatic rings. The Bertz CT molecular complexity index is 1180. The van der Waals surface area contributed by atoms with E-state index in [0.717, 1.165) is 4.90 Å². The van der Waals surface area contributed by atoms with E-state index in [1.165, 1.54) is 66.0 Å². The second-order valence-corrected chi connectivity index (χ2v) is 8.75. The molecule has 1 heterocycles. The molecule has 1 N–H and O–H groups in total. The van der Waals surface area contributed by atoms with Crippen LogP contribution in [-0.4, -0.2) is 55.5 Å². The van der Waals surface area contributed by atoms with Crippen LogP contribution in [0.3, 0.4) is 0 Å². The maximum atomic E-state index is 12.7. The topological polar surface area (TPSA) is 104 Å². The van der Waals surface area contributed by atoms with E-state index in [4.69, 9.17) is 0 Å². The van der Waals surface area contributed by atoms with E-state index in [-0.39, 0.29) is 34.7 Å². The number of fused-ring (bicyclic) bond motifs is 1. The van der Waals surface area contributed by atoms with Gasteiger partial charge in [0.2, 0.25) is 10.0 Å². The molecule has 31 heavy (non-hydrogen) atoms. The minimum atomic E-state index is -3.77. The molecule has 0 aliphatic carbocycles. The summed E-state index contributed by atoms with van der Waals surface area (Å²) in [5.41, 5.74) is 1.08. The maximum Gasteiger partial charge on any atom is 0.261 e. The highest BCUT2D eigenvalue weighted by molar-refractivity contribution is 7.89. The third-order valence-corrected chi connectivity index (χ3v) is 6.61. The van der Waals surface area contributed by atoms with Crippen molar-refractivity contribution in [3.05, 3.63) is 84.5 Å². The van der Waals surface area contributed by atoms with Crippen LogP contribution in [0.4, 0.5) is 5.69 Å². The number of sulfonamides is 1. The summed E-state index contributed by atoms with van der Waals surface area (Å²) in [6.45, 7) is 7.39. The fourth-order valence-corrected chi connectivity index (χ4v) is 4.51. The molecule has 1 aliphatic rings. The van der Waals surface area contributed by atoms with Gasteiger partial charge in [0.1, 0.15) is 0 Å². The first-order chi connectivity index (χ1) is 14.7. The van der Waals surface area contributed by atoms with Crippen LogP contribution in [0.25, 0.3) is 0 Å². The van der Waals surface area contributed by atoms with Gasteiger partial charge in [0, 0.05) is 31.4 Å². The minimum absolute atomic E-state index is 0.0393. The van der Waals surface area contributed by atoms with Crippen LogP contribution in [0.15, 0.2) is 72.7 Å². The molecule has 1 aliphatic heterocycles. The lowest BCUT2D eigenvalue weighted by atomic mass is 10.1. The van der Waals surface area contributed by atoms with Crippen molar-refractivity contribution in [1.29, 1.82) is 0 Å². The molecule has 9 heteroatoms. The Kier molecular flexibility index (Phi) is 6.19. The zero-order valence-corrected chi connectivity index (χ0v) is 17.7. The molecule has 0 atom stereocenters. The number of hydrogen-bond acceptors (Lipinski definition) is 5. The molecule has 0 bridgehead atoms. The highest BCUT2D eigenvalue weighted by Crippen LogP contribution is 2.25. The van der Waals surface area contributed by atoms with Crippen molar-refractivity contribution in [3.8, 4) is 0 Å². The highest BCUT2D eigenvalue weighted by atomic mass is 32.2. The Morgan fingerprint density at radius 3 is 2.16 bits per heavy atom. The molecule has 0 radical (unpaired) electrons. The first-order valence-corrected chi connectivity index (χ1v) is 10.7. The van der Waals surface area contributed by atoms with Crippen molar-refractivity contribution in [2.75, 3.05) is 25.5 Å². The molecule has 2 aromatic carbocycles. The molecular weight excluding hydrogens is 418 g/mol. The monoisotopic (exact) mass is 439 g/mol. The third-order valence-electron chi connectivity index (χ3n) is 4.77. The van der Waals surface area contributed by atoms with E-state index in [9.17, 15) is 22.8 Å². The Balaban J connectivity index is 1.79. The Hall–Kier alpha value is -3.56. The number of imide groups is 1. The van der Waals surface area contributed by atoms with E-state index >= 15 is 0 Å². The van der Waals surface area contributed by atoms with Gasteiger partial charge in [0.05, 0.1) is 16.0 Å². The van der Waals surface area contributed by atoms with Gasteiger partial charge in [-0.1, -0.05) is 12.2 Å². The summed E-state index contributed by atoms with van der Waals surface area (Å²) in [4.78, 5) is 37.7. The van der Waals surface area contributed by atoms with Crippen LogP contribution < -0.4 is 5.32 Å². The van der Waals surface area contributed by atoms with Gasteiger partial charge in [-0.25, -0.2) is 8.42 Å². The van der Waals surface area contributed by atoms with Crippen molar-refractivity contribution in [1.82, 2.24) is 9.21 Å². The van der Waals surface area contributed by atoms with Gasteiger partial charge in [-0.15, -0.1) is 13.2 Å². The fraction of sp³-hybridized carbons (Fsp3) is 0.136. The average molecular weight is 439 g/mol. The minimum Gasteiger partial charge on any atom is -0.322 e. The van der Waals surface area contributed by atoms with E-state index < -0.39 is 27.7 Å². The second kappa shape index (κ2) is 8.66. The lowest BCUT2D eigenvalue weighted by molar-refractivity contribution is 0.0692. The first kappa shape index (κ1) is 22.1.